The third-order valence-electron chi connectivity index (χ3n) is 4.37. The van der Waals surface area contributed by atoms with Gasteiger partial charge >= 0.3 is 0 Å². The molecule has 0 saturated carbocycles. The van der Waals surface area contributed by atoms with E-state index in [1.165, 1.54) is 0 Å². The number of hydrogen-bond acceptors (Lipinski definition) is 4. The van der Waals surface area contributed by atoms with Crippen molar-refractivity contribution in [2.45, 2.75) is 6.10 Å². The summed E-state index contributed by atoms with van der Waals surface area (Å²) in [4.78, 5) is 14.8. The summed E-state index contributed by atoms with van der Waals surface area (Å²) in [7, 11) is 0. The van der Waals surface area contributed by atoms with Crippen molar-refractivity contribution in [3.05, 3.63) is 58.6 Å². The van der Waals surface area contributed by atoms with Crippen molar-refractivity contribution in [1.29, 1.82) is 0 Å². The average molecular weight is 360 g/mol. The van der Waals surface area contributed by atoms with Crippen LogP contribution in [-0.4, -0.2) is 43.7 Å². The van der Waals surface area contributed by atoms with E-state index in [0.717, 1.165) is 5.56 Å². The van der Waals surface area contributed by atoms with Gasteiger partial charge in [-0.2, -0.15) is 0 Å². The van der Waals surface area contributed by atoms with Crippen molar-refractivity contribution in [3.63, 3.8) is 0 Å². The molecule has 0 radical (unpaired) electrons. The Morgan fingerprint density at radius 3 is 2.80 bits per heavy atom. The van der Waals surface area contributed by atoms with Crippen molar-refractivity contribution in [2.24, 2.45) is 0 Å². The lowest BCUT2D eigenvalue weighted by atomic mass is 10.1. The van der Waals surface area contributed by atoms with Crippen LogP contribution in [0.15, 0.2) is 42.5 Å². The minimum atomic E-state index is -0.187. The van der Waals surface area contributed by atoms with Crippen LogP contribution in [0, 0.1) is 0 Å². The number of para-hydroxylation sites is 1. The van der Waals surface area contributed by atoms with E-state index >= 15 is 0 Å². The highest BCUT2D eigenvalue weighted by atomic mass is 35.5. The molecule has 130 valence electrons. The largest absolute Gasteiger partial charge is 0.486 e. The maximum absolute atomic E-state index is 13.0. The number of amides is 1. The Labute approximate surface area is 151 Å². The Balaban J connectivity index is 1.56. The summed E-state index contributed by atoms with van der Waals surface area (Å²) in [5.41, 5.74) is 1.50. The molecule has 1 unspecified atom stereocenters. The number of fused-ring (bicyclic) bond motifs is 1. The van der Waals surface area contributed by atoms with Crippen LogP contribution in [0.25, 0.3) is 0 Å². The molecule has 0 bridgehead atoms. The van der Waals surface area contributed by atoms with Gasteiger partial charge in [-0.05, 0) is 29.8 Å². The molecule has 25 heavy (non-hydrogen) atoms. The first-order valence-electron chi connectivity index (χ1n) is 8.27. The molecule has 6 heteroatoms. The molecular formula is C19H18ClNO4. The van der Waals surface area contributed by atoms with Crippen LogP contribution >= 0.6 is 11.6 Å². The molecule has 0 aromatic heterocycles. The fourth-order valence-electron chi connectivity index (χ4n) is 3.15. The minimum Gasteiger partial charge on any atom is -0.486 e. The zero-order valence-electron chi connectivity index (χ0n) is 13.6. The van der Waals surface area contributed by atoms with Crippen LogP contribution in [0.2, 0.25) is 5.02 Å². The molecule has 0 aliphatic carbocycles. The Bertz CT molecular complexity index is 795. The summed E-state index contributed by atoms with van der Waals surface area (Å²) in [6.45, 7) is 2.45. The third-order valence-corrected chi connectivity index (χ3v) is 4.61. The summed E-state index contributed by atoms with van der Waals surface area (Å²) in [6, 6.07) is 13.0. The third kappa shape index (κ3) is 3.30. The van der Waals surface area contributed by atoms with E-state index in [1.54, 1.807) is 11.0 Å². The van der Waals surface area contributed by atoms with Crippen molar-refractivity contribution in [1.82, 2.24) is 4.90 Å². The van der Waals surface area contributed by atoms with Gasteiger partial charge in [-0.1, -0.05) is 29.8 Å². The lowest BCUT2D eigenvalue weighted by Crippen LogP contribution is -2.42. The molecule has 2 aliphatic rings. The summed E-state index contributed by atoms with van der Waals surface area (Å²) in [5, 5.41) is 0.659. The van der Waals surface area contributed by atoms with E-state index in [1.807, 2.05) is 36.4 Å². The number of carbonyl (C=O) groups is 1. The SMILES string of the molecule is O=C(c1cccc2c1OCCO2)N1CCOC(c2cccc(Cl)c2)C1. The lowest BCUT2D eigenvalue weighted by molar-refractivity contribution is -0.0229. The Kier molecular flexibility index (Phi) is 4.51. The van der Waals surface area contributed by atoms with E-state index in [4.69, 9.17) is 25.8 Å². The zero-order chi connectivity index (χ0) is 17.2. The highest BCUT2D eigenvalue weighted by Gasteiger charge is 2.29. The standard InChI is InChI=1S/C19H18ClNO4/c20-14-4-1-3-13(11-14)17-12-21(7-8-23-17)19(22)15-5-2-6-16-18(15)25-10-9-24-16/h1-6,11,17H,7-10,12H2. The van der Waals surface area contributed by atoms with Crippen LogP contribution in [0.1, 0.15) is 22.0 Å². The summed E-state index contributed by atoms with van der Waals surface area (Å²) >= 11 is 6.07. The normalized spacial score (nSPS) is 19.6. The van der Waals surface area contributed by atoms with Gasteiger partial charge in [0.2, 0.25) is 0 Å². The highest BCUT2D eigenvalue weighted by Crippen LogP contribution is 2.35. The van der Waals surface area contributed by atoms with Crippen molar-refractivity contribution in [2.75, 3.05) is 32.9 Å². The second-order valence-electron chi connectivity index (χ2n) is 6.00. The molecule has 1 amide bonds. The minimum absolute atomic E-state index is 0.0716. The molecule has 1 fully saturated rings. The number of halogens is 1. The first kappa shape index (κ1) is 16.2. The number of rotatable bonds is 2. The predicted octanol–water partition coefficient (Wildman–Crippen LogP) is 3.32. The van der Waals surface area contributed by atoms with Gasteiger partial charge in [-0.3, -0.25) is 4.79 Å². The van der Waals surface area contributed by atoms with Gasteiger partial charge in [0.25, 0.3) is 5.91 Å². The molecule has 2 aromatic rings. The number of benzene rings is 2. The van der Waals surface area contributed by atoms with Crippen LogP contribution in [0.5, 0.6) is 11.5 Å². The lowest BCUT2D eigenvalue weighted by Gasteiger charge is -2.34. The number of nitrogens with zero attached hydrogens (tertiary/aromatic N) is 1. The summed E-state index contributed by atoms with van der Waals surface area (Å²) in [5.74, 6) is 1.08. The second-order valence-corrected chi connectivity index (χ2v) is 6.43. The topological polar surface area (TPSA) is 48.0 Å². The van der Waals surface area contributed by atoms with Gasteiger partial charge in [0, 0.05) is 11.6 Å². The van der Waals surface area contributed by atoms with Crippen LogP contribution in [0.3, 0.4) is 0 Å². The molecule has 0 spiro atoms. The first-order chi connectivity index (χ1) is 12.2. The second kappa shape index (κ2) is 6.94. The molecule has 1 saturated heterocycles. The van der Waals surface area contributed by atoms with Crippen LogP contribution < -0.4 is 9.47 Å². The maximum atomic E-state index is 13.0. The van der Waals surface area contributed by atoms with Crippen molar-refractivity contribution >= 4 is 17.5 Å². The van der Waals surface area contributed by atoms with E-state index < -0.39 is 0 Å². The molecule has 2 aromatic carbocycles. The molecule has 2 aliphatic heterocycles. The molecule has 1 atom stereocenters. The molecular weight excluding hydrogens is 342 g/mol. The van der Waals surface area contributed by atoms with E-state index in [9.17, 15) is 4.79 Å². The smallest absolute Gasteiger partial charge is 0.257 e. The molecule has 0 N–H and O–H groups in total. The van der Waals surface area contributed by atoms with Gasteiger partial charge in [0.1, 0.15) is 19.3 Å². The summed E-state index contributed by atoms with van der Waals surface area (Å²) < 4.78 is 17.1. The highest BCUT2D eigenvalue weighted by molar-refractivity contribution is 6.30. The Morgan fingerprint density at radius 1 is 1.08 bits per heavy atom. The van der Waals surface area contributed by atoms with Gasteiger partial charge < -0.3 is 19.1 Å². The fourth-order valence-corrected chi connectivity index (χ4v) is 3.35. The molecule has 2 heterocycles. The molecule has 5 nitrogen and oxygen atoms in total. The predicted molar refractivity (Wildman–Crippen MR) is 93.5 cm³/mol. The monoisotopic (exact) mass is 359 g/mol. The van der Waals surface area contributed by atoms with Gasteiger partial charge in [-0.15, -0.1) is 0 Å². The van der Waals surface area contributed by atoms with E-state index in [2.05, 4.69) is 0 Å². The first-order valence-corrected chi connectivity index (χ1v) is 8.65. The summed E-state index contributed by atoms with van der Waals surface area (Å²) in [6.07, 6.45) is -0.187. The average Bonchev–Trinajstić information content (AvgIpc) is 2.67. The van der Waals surface area contributed by atoms with E-state index in [-0.39, 0.29) is 12.0 Å². The number of ether oxygens (including phenoxy) is 3. The van der Waals surface area contributed by atoms with E-state index in [0.29, 0.717) is 55.0 Å². The number of carbonyl (C=O) groups excluding carboxylic acids is 1. The quantitative estimate of drug-likeness (QED) is 0.825. The number of hydrogen-bond donors (Lipinski definition) is 0. The zero-order valence-corrected chi connectivity index (χ0v) is 14.4. The number of morpholine rings is 1. The van der Waals surface area contributed by atoms with Crippen LogP contribution in [-0.2, 0) is 4.74 Å². The van der Waals surface area contributed by atoms with Gasteiger partial charge in [-0.25, -0.2) is 0 Å². The van der Waals surface area contributed by atoms with Crippen molar-refractivity contribution < 1.29 is 19.0 Å². The maximum Gasteiger partial charge on any atom is 0.257 e. The fraction of sp³-hybridized carbons (Fsp3) is 0.316. The van der Waals surface area contributed by atoms with Gasteiger partial charge in [0.05, 0.1) is 18.7 Å². The van der Waals surface area contributed by atoms with Crippen molar-refractivity contribution in [3.8, 4) is 11.5 Å². The van der Waals surface area contributed by atoms with Crippen LogP contribution in [0.4, 0.5) is 0 Å². The Hall–Kier alpha value is -2.24. The molecule has 4 rings (SSSR count). The Morgan fingerprint density at radius 2 is 1.92 bits per heavy atom. The van der Waals surface area contributed by atoms with Gasteiger partial charge in [0.15, 0.2) is 11.5 Å².